The van der Waals surface area contributed by atoms with E-state index in [2.05, 4.69) is 21.5 Å². The first-order valence-corrected chi connectivity index (χ1v) is 11.3. The average Bonchev–Trinajstić information content (AvgIpc) is 3.40. The molecule has 0 amide bonds. The van der Waals surface area contributed by atoms with Gasteiger partial charge >= 0.3 is 5.97 Å². The van der Waals surface area contributed by atoms with E-state index in [1.165, 1.54) is 4.68 Å². The van der Waals surface area contributed by atoms with E-state index in [9.17, 15) is 15.0 Å². The Morgan fingerprint density at radius 2 is 2.03 bits per heavy atom. The number of hydrogen-bond acceptors (Lipinski definition) is 7. The molecule has 0 aliphatic heterocycles. The first-order chi connectivity index (χ1) is 15.7. The highest BCUT2D eigenvalue weighted by Crippen LogP contribution is 2.37. The highest BCUT2D eigenvalue weighted by molar-refractivity contribution is 5.81. The van der Waals surface area contributed by atoms with Gasteiger partial charge in [0.05, 0.1) is 30.6 Å². The molecule has 0 radical (unpaired) electrons. The number of fused-ring (bicyclic) bond motifs is 1. The largest absolute Gasteiger partial charge is 0.479 e. The predicted molar refractivity (Wildman–Crippen MR) is 123 cm³/mol. The van der Waals surface area contributed by atoms with E-state index in [4.69, 9.17) is 9.84 Å². The summed E-state index contributed by atoms with van der Waals surface area (Å²) in [5, 5.41) is 31.9. The molecule has 1 fully saturated rings. The summed E-state index contributed by atoms with van der Waals surface area (Å²) in [5.74, 6) is -0.183. The molecule has 10 nitrogen and oxygen atoms in total. The maximum Gasteiger partial charge on any atom is 0.331 e. The maximum atomic E-state index is 11.7. The fourth-order valence-corrected chi connectivity index (χ4v) is 4.35. The second kappa shape index (κ2) is 9.11. The maximum absolute atomic E-state index is 11.7. The number of nitrogens with one attached hydrogen (secondary N) is 1. The molecule has 1 aliphatic carbocycles. The number of methoxy groups -OCH3 is 1. The number of carboxylic acids is 1. The van der Waals surface area contributed by atoms with E-state index in [1.54, 1.807) is 39.5 Å². The number of aliphatic carboxylic acids is 1. The van der Waals surface area contributed by atoms with Crippen molar-refractivity contribution in [1.29, 1.82) is 0 Å². The fraction of sp³-hybridized carbons (Fsp3) is 0.565. The lowest BCUT2D eigenvalue weighted by Crippen LogP contribution is -2.35. The molecular weight excluding hydrogens is 424 g/mol. The smallest absolute Gasteiger partial charge is 0.331 e. The lowest BCUT2D eigenvalue weighted by atomic mass is 9.85. The van der Waals surface area contributed by atoms with Gasteiger partial charge in [0.1, 0.15) is 0 Å². The minimum atomic E-state index is -1.17. The Kier molecular flexibility index (Phi) is 6.40. The Balaban J connectivity index is 1.77. The number of hydrogen-bond donors (Lipinski definition) is 3. The predicted octanol–water partition coefficient (Wildman–Crippen LogP) is 2.88. The van der Waals surface area contributed by atoms with Gasteiger partial charge in [-0.1, -0.05) is 0 Å². The van der Waals surface area contributed by atoms with Crippen LogP contribution in [0.15, 0.2) is 24.7 Å². The van der Waals surface area contributed by atoms with Gasteiger partial charge in [0.15, 0.2) is 5.54 Å². The van der Waals surface area contributed by atoms with E-state index >= 15 is 0 Å². The first-order valence-electron chi connectivity index (χ1n) is 11.3. The molecular formula is C23H32N6O4. The van der Waals surface area contributed by atoms with Gasteiger partial charge < -0.3 is 20.3 Å². The summed E-state index contributed by atoms with van der Waals surface area (Å²) < 4.78 is 8.59. The highest BCUT2D eigenvalue weighted by Gasteiger charge is 2.31. The molecule has 1 atom stereocenters. The van der Waals surface area contributed by atoms with Crippen LogP contribution in [0.2, 0.25) is 0 Å². The van der Waals surface area contributed by atoms with E-state index in [0.717, 1.165) is 48.0 Å². The number of aromatic nitrogens is 5. The number of rotatable bonds is 8. The molecule has 0 bridgehead atoms. The van der Waals surface area contributed by atoms with Gasteiger partial charge in [-0.2, -0.15) is 5.10 Å². The van der Waals surface area contributed by atoms with Gasteiger partial charge in [-0.05, 0) is 52.5 Å². The molecule has 3 N–H and O–H groups in total. The van der Waals surface area contributed by atoms with Crippen molar-refractivity contribution in [2.75, 3.05) is 19.0 Å². The van der Waals surface area contributed by atoms with Crippen LogP contribution in [0.25, 0.3) is 16.6 Å². The lowest BCUT2D eigenvalue weighted by molar-refractivity contribution is -0.146. The van der Waals surface area contributed by atoms with Crippen molar-refractivity contribution in [2.45, 2.75) is 70.1 Å². The summed E-state index contributed by atoms with van der Waals surface area (Å²) >= 11 is 0. The van der Waals surface area contributed by atoms with Crippen LogP contribution in [0, 0.1) is 0 Å². The SMILES string of the molecule is COC[C@H](C)Nc1ncc2c(-c3cnn(C(C)(C)C(=O)O)c3)cc([C@H]3CC[C@H](O)CC3)n2n1. The second-order valence-electron chi connectivity index (χ2n) is 9.41. The van der Waals surface area contributed by atoms with Crippen LogP contribution in [0.5, 0.6) is 0 Å². The lowest BCUT2D eigenvalue weighted by Gasteiger charge is -2.25. The van der Waals surface area contributed by atoms with Crippen LogP contribution >= 0.6 is 0 Å². The summed E-state index contributed by atoms with van der Waals surface area (Å²) in [6.07, 6.45) is 8.26. The molecule has 1 aliphatic rings. The summed E-state index contributed by atoms with van der Waals surface area (Å²) in [4.78, 5) is 16.2. The number of ether oxygens (including phenoxy) is 1. The van der Waals surface area contributed by atoms with Gasteiger partial charge in [-0.3, -0.25) is 4.68 Å². The monoisotopic (exact) mass is 456 g/mol. The summed E-state index contributed by atoms with van der Waals surface area (Å²) in [6, 6.07) is 2.15. The topological polar surface area (TPSA) is 127 Å². The third kappa shape index (κ3) is 4.58. The normalized spacial score (nSPS) is 20.2. The van der Waals surface area contributed by atoms with Crippen LogP contribution in [0.3, 0.4) is 0 Å². The van der Waals surface area contributed by atoms with Crippen LogP contribution < -0.4 is 5.32 Å². The third-order valence-corrected chi connectivity index (χ3v) is 6.44. The quantitative estimate of drug-likeness (QED) is 0.472. The van der Waals surface area contributed by atoms with E-state index < -0.39 is 11.5 Å². The Labute approximate surface area is 192 Å². The second-order valence-corrected chi connectivity index (χ2v) is 9.41. The van der Waals surface area contributed by atoms with Crippen molar-refractivity contribution in [3.05, 3.63) is 30.4 Å². The van der Waals surface area contributed by atoms with Gasteiger partial charge in [0, 0.05) is 42.1 Å². The number of nitrogens with zero attached hydrogens (tertiary/aromatic N) is 5. The summed E-state index contributed by atoms with van der Waals surface area (Å²) in [6.45, 7) is 5.76. The van der Waals surface area contributed by atoms with Crippen LogP contribution in [0.1, 0.15) is 58.1 Å². The van der Waals surface area contributed by atoms with Gasteiger partial charge in [-0.15, -0.1) is 5.10 Å². The van der Waals surface area contributed by atoms with Gasteiger partial charge in [-0.25, -0.2) is 14.3 Å². The first kappa shape index (κ1) is 23.2. The number of aliphatic hydroxyl groups is 1. The molecule has 4 rings (SSSR count). The molecule has 178 valence electrons. The molecule has 0 saturated heterocycles. The summed E-state index contributed by atoms with van der Waals surface area (Å²) in [5.41, 5.74) is 2.43. The van der Waals surface area contributed by atoms with Gasteiger partial charge in [0.25, 0.3) is 0 Å². The van der Waals surface area contributed by atoms with Crippen LogP contribution in [-0.4, -0.2) is 66.4 Å². The number of carboxylic acid groups (broad SMARTS) is 1. The number of aliphatic hydroxyl groups excluding tert-OH is 1. The van der Waals surface area contributed by atoms with Crippen molar-refractivity contribution < 1.29 is 19.7 Å². The highest BCUT2D eigenvalue weighted by atomic mass is 16.5. The molecule has 3 aromatic rings. The van der Waals surface area contributed by atoms with E-state index in [0.29, 0.717) is 12.6 Å². The molecule has 0 unspecified atom stereocenters. The number of carbonyl (C=O) groups is 1. The Morgan fingerprint density at radius 1 is 1.30 bits per heavy atom. The van der Waals surface area contributed by atoms with Gasteiger partial charge in [0.2, 0.25) is 5.95 Å². The van der Waals surface area contributed by atoms with Crippen LogP contribution in [-0.2, 0) is 15.1 Å². The van der Waals surface area contributed by atoms with Crippen molar-refractivity contribution in [3.8, 4) is 11.1 Å². The van der Waals surface area contributed by atoms with E-state index in [1.807, 2.05) is 11.4 Å². The average molecular weight is 457 g/mol. The van der Waals surface area contributed by atoms with Crippen molar-refractivity contribution >= 4 is 17.4 Å². The minimum absolute atomic E-state index is 0.0484. The Morgan fingerprint density at radius 3 is 2.70 bits per heavy atom. The van der Waals surface area contributed by atoms with Crippen molar-refractivity contribution in [2.24, 2.45) is 0 Å². The van der Waals surface area contributed by atoms with Crippen molar-refractivity contribution in [3.63, 3.8) is 0 Å². The minimum Gasteiger partial charge on any atom is -0.479 e. The Hall–Kier alpha value is -2.98. The summed E-state index contributed by atoms with van der Waals surface area (Å²) in [7, 11) is 1.65. The zero-order valence-electron chi connectivity index (χ0n) is 19.5. The van der Waals surface area contributed by atoms with Crippen molar-refractivity contribution in [1.82, 2.24) is 24.4 Å². The molecule has 0 spiro atoms. The van der Waals surface area contributed by atoms with E-state index in [-0.39, 0.29) is 18.1 Å². The standard InChI is InChI=1S/C23H32N6O4/c1-14(13-33-4)26-22-24-11-20-18(16-10-25-28(12-16)23(2,3)21(31)32)9-19(29(20)27-22)15-5-7-17(30)8-6-15/h9-12,14-15,17,30H,5-8,13H2,1-4H3,(H,26,27)(H,31,32)/t14-,15-,17-/m0/s1. The molecule has 10 heteroatoms. The fourth-order valence-electron chi connectivity index (χ4n) is 4.35. The number of anilines is 1. The molecule has 3 aromatic heterocycles. The molecule has 33 heavy (non-hydrogen) atoms. The molecule has 3 heterocycles. The van der Waals surface area contributed by atoms with Crippen LogP contribution in [0.4, 0.5) is 5.95 Å². The molecule has 1 saturated carbocycles. The molecule has 0 aromatic carbocycles. The zero-order valence-corrected chi connectivity index (χ0v) is 19.5. The Bertz CT molecular complexity index is 1130. The zero-order chi connectivity index (χ0) is 23.8. The third-order valence-electron chi connectivity index (χ3n) is 6.44.